The molecule has 3 N–H and O–H groups in total. The van der Waals surface area contributed by atoms with Crippen LogP contribution in [-0.4, -0.2) is 35.8 Å². The van der Waals surface area contributed by atoms with E-state index in [-0.39, 0.29) is 23.8 Å². The predicted molar refractivity (Wildman–Crippen MR) is 101 cm³/mol. The molecule has 2 rings (SSSR count). The summed E-state index contributed by atoms with van der Waals surface area (Å²) < 4.78 is 0. The van der Waals surface area contributed by atoms with Crippen LogP contribution < -0.4 is 16.0 Å². The summed E-state index contributed by atoms with van der Waals surface area (Å²) in [5.41, 5.74) is 1.41. The van der Waals surface area contributed by atoms with Crippen molar-refractivity contribution in [3.05, 3.63) is 41.5 Å². The first kappa shape index (κ1) is 19.7. The van der Waals surface area contributed by atoms with Gasteiger partial charge in [0.05, 0.1) is 0 Å². The van der Waals surface area contributed by atoms with Gasteiger partial charge in [-0.05, 0) is 56.9 Å². The van der Waals surface area contributed by atoms with E-state index in [0.717, 1.165) is 24.8 Å². The molecule has 6 heteroatoms. The van der Waals surface area contributed by atoms with Crippen molar-refractivity contribution in [1.29, 1.82) is 0 Å². The van der Waals surface area contributed by atoms with Crippen molar-refractivity contribution < 1.29 is 14.4 Å². The van der Waals surface area contributed by atoms with Crippen LogP contribution in [0, 0.1) is 0 Å². The Morgan fingerprint density at radius 2 is 1.77 bits per heavy atom. The number of hydrogen-bond donors (Lipinski definition) is 3. The third kappa shape index (κ3) is 6.35. The normalized spacial score (nSPS) is 16.0. The fourth-order valence-electron chi connectivity index (χ4n) is 2.21. The largest absolute Gasteiger partial charge is 0.352 e. The van der Waals surface area contributed by atoms with Gasteiger partial charge in [-0.1, -0.05) is 19.1 Å². The molecule has 0 aliphatic heterocycles. The topological polar surface area (TPSA) is 87.3 Å². The SMILES string of the molecule is CCC(C)NC(=O)C(C)NC(=O)/C=C/c1ccc(C(=O)NC2CC2)cc1. The van der Waals surface area contributed by atoms with Gasteiger partial charge in [0, 0.05) is 23.7 Å². The van der Waals surface area contributed by atoms with Gasteiger partial charge in [0.15, 0.2) is 0 Å². The number of rotatable bonds is 8. The summed E-state index contributed by atoms with van der Waals surface area (Å²) in [6, 6.07) is 6.83. The van der Waals surface area contributed by atoms with Crippen LogP contribution in [0.2, 0.25) is 0 Å². The Morgan fingerprint density at radius 3 is 2.35 bits per heavy atom. The minimum absolute atomic E-state index is 0.0677. The van der Waals surface area contributed by atoms with Crippen LogP contribution in [0.3, 0.4) is 0 Å². The van der Waals surface area contributed by atoms with Crippen molar-refractivity contribution >= 4 is 23.8 Å². The Hall–Kier alpha value is -2.63. The monoisotopic (exact) mass is 357 g/mol. The highest BCUT2D eigenvalue weighted by atomic mass is 16.2. The third-order valence-corrected chi connectivity index (χ3v) is 4.27. The Labute approximate surface area is 154 Å². The average Bonchev–Trinajstić information content (AvgIpc) is 3.44. The molecule has 26 heavy (non-hydrogen) atoms. The molecule has 1 aliphatic carbocycles. The molecule has 0 heterocycles. The maximum absolute atomic E-state index is 11.9. The molecule has 0 saturated heterocycles. The van der Waals surface area contributed by atoms with Crippen molar-refractivity contribution in [3.8, 4) is 0 Å². The van der Waals surface area contributed by atoms with Gasteiger partial charge in [-0.25, -0.2) is 0 Å². The summed E-state index contributed by atoms with van der Waals surface area (Å²) >= 11 is 0. The highest BCUT2D eigenvalue weighted by Crippen LogP contribution is 2.19. The van der Waals surface area contributed by atoms with Gasteiger partial charge in [-0.2, -0.15) is 0 Å². The van der Waals surface area contributed by atoms with Crippen molar-refractivity contribution in [2.45, 2.75) is 58.2 Å². The minimum Gasteiger partial charge on any atom is -0.352 e. The highest BCUT2D eigenvalue weighted by Gasteiger charge is 2.23. The van der Waals surface area contributed by atoms with Crippen LogP contribution in [0.15, 0.2) is 30.3 Å². The molecule has 1 saturated carbocycles. The van der Waals surface area contributed by atoms with Crippen molar-refractivity contribution in [3.63, 3.8) is 0 Å². The Bertz CT molecular complexity index is 678. The van der Waals surface area contributed by atoms with E-state index >= 15 is 0 Å². The second-order valence-corrected chi connectivity index (χ2v) is 6.75. The van der Waals surface area contributed by atoms with E-state index < -0.39 is 6.04 Å². The summed E-state index contributed by atoms with van der Waals surface area (Å²) in [5.74, 6) is -0.610. The lowest BCUT2D eigenvalue weighted by atomic mass is 10.1. The third-order valence-electron chi connectivity index (χ3n) is 4.27. The van der Waals surface area contributed by atoms with E-state index in [0.29, 0.717) is 11.6 Å². The Kier molecular flexibility index (Phi) is 6.95. The van der Waals surface area contributed by atoms with Crippen LogP contribution in [0.4, 0.5) is 0 Å². The number of carbonyl (C=O) groups is 3. The summed E-state index contributed by atoms with van der Waals surface area (Å²) in [6.45, 7) is 5.55. The molecular formula is C20H27N3O3. The maximum atomic E-state index is 11.9. The molecule has 1 aliphatic rings. The number of carbonyl (C=O) groups excluding carboxylic acids is 3. The number of hydrogen-bond acceptors (Lipinski definition) is 3. The number of benzene rings is 1. The zero-order valence-electron chi connectivity index (χ0n) is 15.5. The Balaban J connectivity index is 1.83. The molecule has 3 amide bonds. The van der Waals surface area contributed by atoms with Gasteiger partial charge in [0.2, 0.25) is 11.8 Å². The van der Waals surface area contributed by atoms with Crippen molar-refractivity contribution in [1.82, 2.24) is 16.0 Å². The molecule has 140 valence electrons. The lowest BCUT2D eigenvalue weighted by Gasteiger charge is -2.16. The van der Waals surface area contributed by atoms with Gasteiger partial charge >= 0.3 is 0 Å². The zero-order chi connectivity index (χ0) is 19.1. The molecular weight excluding hydrogens is 330 g/mol. The molecule has 1 aromatic rings. The van der Waals surface area contributed by atoms with Gasteiger partial charge < -0.3 is 16.0 Å². The molecule has 1 fully saturated rings. The van der Waals surface area contributed by atoms with E-state index in [1.54, 1.807) is 37.3 Å². The summed E-state index contributed by atoms with van der Waals surface area (Å²) in [4.78, 5) is 35.8. The average molecular weight is 357 g/mol. The first-order valence-corrected chi connectivity index (χ1v) is 9.09. The van der Waals surface area contributed by atoms with Gasteiger partial charge in [-0.3, -0.25) is 14.4 Å². The standard InChI is InChI=1S/C20H27N3O3/c1-4-13(2)21-19(25)14(3)22-18(24)12-7-15-5-8-16(9-6-15)20(26)23-17-10-11-17/h5-9,12-14,17H,4,10-11H2,1-3H3,(H,21,25)(H,22,24)(H,23,26)/b12-7+. The zero-order valence-corrected chi connectivity index (χ0v) is 15.5. The Morgan fingerprint density at radius 1 is 1.12 bits per heavy atom. The fourth-order valence-corrected chi connectivity index (χ4v) is 2.21. The van der Waals surface area contributed by atoms with Gasteiger partial charge in [0.25, 0.3) is 5.91 Å². The first-order valence-electron chi connectivity index (χ1n) is 9.09. The van der Waals surface area contributed by atoms with Crippen LogP contribution in [0.25, 0.3) is 6.08 Å². The summed E-state index contributed by atoms with van der Waals surface area (Å²) in [6.07, 6.45) is 5.97. The molecule has 2 unspecified atom stereocenters. The fraction of sp³-hybridized carbons (Fsp3) is 0.450. The van der Waals surface area contributed by atoms with Crippen LogP contribution in [0.5, 0.6) is 0 Å². The quantitative estimate of drug-likeness (QED) is 0.622. The second-order valence-electron chi connectivity index (χ2n) is 6.75. The van der Waals surface area contributed by atoms with Crippen LogP contribution >= 0.6 is 0 Å². The van der Waals surface area contributed by atoms with Gasteiger partial charge in [-0.15, -0.1) is 0 Å². The molecule has 0 bridgehead atoms. The van der Waals surface area contributed by atoms with Crippen molar-refractivity contribution in [2.24, 2.45) is 0 Å². The van der Waals surface area contributed by atoms with E-state index in [1.807, 2.05) is 13.8 Å². The van der Waals surface area contributed by atoms with Crippen LogP contribution in [0.1, 0.15) is 56.0 Å². The maximum Gasteiger partial charge on any atom is 0.251 e. The molecule has 0 aromatic heterocycles. The van der Waals surface area contributed by atoms with Crippen molar-refractivity contribution in [2.75, 3.05) is 0 Å². The van der Waals surface area contributed by atoms with Gasteiger partial charge in [0.1, 0.15) is 6.04 Å². The molecule has 0 spiro atoms. The van der Waals surface area contributed by atoms with E-state index in [1.165, 1.54) is 6.08 Å². The predicted octanol–water partition coefficient (Wildman–Crippen LogP) is 2.01. The summed E-state index contributed by atoms with van der Waals surface area (Å²) in [7, 11) is 0. The molecule has 1 aromatic carbocycles. The van der Waals surface area contributed by atoms with E-state index in [2.05, 4.69) is 16.0 Å². The second kappa shape index (κ2) is 9.17. The molecule has 0 radical (unpaired) electrons. The van der Waals surface area contributed by atoms with E-state index in [9.17, 15) is 14.4 Å². The first-order chi connectivity index (χ1) is 12.4. The molecule has 2 atom stereocenters. The highest BCUT2D eigenvalue weighted by molar-refractivity contribution is 5.96. The number of nitrogens with one attached hydrogen (secondary N) is 3. The minimum atomic E-state index is -0.602. The smallest absolute Gasteiger partial charge is 0.251 e. The summed E-state index contributed by atoms with van der Waals surface area (Å²) in [5, 5.41) is 8.39. The number of amides is 3. The lowest BCUT2D eigenvalue weighted by Crippen LogP contribution is -2.46. The molecule has 6 nitrogen and oxygen atoms in total. The van der Waals surface area contributed by atoms with E-state index in [4.69, 9.17) is 0 Å². The van der Waals surface area contributed by atoms with Crippen LogP contribution in [-0.2, 0) is 9.59 Å². The lowest BCUT2D eigenvalue weighted by molar-refractivity contribution is -0.127.